The average molecular weight is 260 g/mol. The molecule has 0 saturated heterocycles. The lowest BCUT2D eigenvalue weighted by molar-refractivity contribution is 0.238. The van der Waals surface area contributed by atoms with E-state index in [4.69, 9.17) is 10.4 Å². The van der Waals surface area contributed by atoms with Gasteiger partial charge < -0.3 is 5.11 Å². The van der Waals surface area contributed by atoms with Gasteiger partial charge in [-0.15, -0.1) is 11.3 Å². The van der Waals surface area contributed by atoms with Crippen LogP contribution >= 0.6 is 11.3 Å². The van der Waals surface area contributed by atoms with Gasteiger partial charge in [0.05, 0.1) is 0 Å². The Balaban J connectivity index is 2.75. The maximum Gasteiger partial charge on any atom is 0.250 e. The first-order valence-electron chi connectivity index (χ1n) is 4.60. The number of hydrogen-bond donors (Lipinski definition) is 2. The van der Waals surface area contributed by atoms with Crippen molar-refractivity contribution in [2.75, 3.05) is 13.2 Å². The molecule has 16 heavy (non-hydrogen) atoms. The van der Waals surface area contributed by atoms with Gasteiger partial charge in [-0.05, 0) is 18.1 Å². The zero-order chi connectivity index (χ0) is 12.2. The van der Waals surface area contributed by atoms with Gasteiger partial charge in [0.1, 0.15) is 15.2 Å². The molecule has 0 saturated carbocycles. The van der Waals surface area contributed by atoms with Crippen molar-refractivity contribution < 1.29 is 13.5 Å². The first-order chi connectivity index (χ1) is 7.49. The number of aliphatic hydroxyl groups excluding tert-OH is 1. The monoisotopic (exact) mass is 260 g/mol. The lowest BCUT2D eigenvalue weighted by atomic mass is 10.2. The largest absolute Gasteiger partial charge is 0.396 e. The minimum absolute atomic E-state index is 0.0730. The number of sulfonamides is 1. The van der Waals surface area contributed by atoms with Crippen LogP contribution in [0.15, 0.2) is 16.3 Å². The molecule has 0 aliphatic carbocycles. The van der Waals surface area contributed by atoms with Gasteiger partial charge in [-0.3, -0.25) is 0 Å². The highest BCUT2D eigenvalue weighted by Gasteiger charge is 2.17. The summed E-state index contributed by atoms with van der Waals surface area (Å²) in [6.07, 6.45) is 0. The maximum atomic E-state index is 11.7. The van der Waals surface area contributed by atoms with Gasteiger partial charge >= 0.3 is 0 Å². The summed E-state index contributed by atoms with van der Waals surface area (Å²) in [4.78, 5) is 0.357. The summed E-state index contributed by atoms with van der Waals surface area (Å²) in [6.45, 7) is 1.84. The molecule has 5 nitrogen and oxygen atoms in total. The second-order valence-corrected chi connectivity index (χ2v) is 6.45. The van der Waals surface area contributed by atoms with Crippen molar-refractivity contribution >= 4 is 21.4 Å². The van der Waals surface area contributed by atoms with Crippen molar-refractivity contribution in [2.24, 2.45) is 5.92 Å². The molecule has 7 heteroatoms. The second kappa shape index (κ2) is 5.41. The number of nitrogens with zero attached hydrogens (tertiary/aromatic N) is 1. The molecule has 1 unspecified atom stereocenters. The maximum absolute atomic E-state index is 11.7. The predicted molar refractivity (Wildman–Crippen MR) is 60.5 cm³/mol. The first-order valence-corrected chi connectivity index (χ1v) is 6.90. The van der Waals surface area contributed by atoms with Crippen molar-refractivity contribution in [1.29, 1.82) is 5.26 Å². The lowest BCUT2D eigenvalue weighted by Gasteiger charge is -2.08. The van der Waals surface area contributed by atoms with E-state index in [-0.39, 0.29) is 23.3 Å². The highest BCUT2D eigenvalue weighted by atomic mass is 32.2. The molecule has 0 amide bonds. The third kappa shape index (κ3) is 3.28. The molecule has 0 fully saturated rings. The molecule has 2 N–H and O–H groups in total. The third-order valence-electron chi connectivity index (χ3n) is 1.89. The van der Waals surface area contributed by atoms with Gasteiger partial charge in [0, 0.05) is 13.2 Å². The van der Waals surface area contributed by atoms with Crippen molar-refractivity contribution in [3.63, 3.8) is 0 Å². The number of aliphatic hydroxyl groups is 1. The van der Waals surface area contributed by atoms with Gasteiger partial charge in [-0.1, -0.05) is 6.92 Å². The summed E-state index contributed by atoms with van der Waals surface area (Å²) >= 11 is 0.925. The van der Waals surface area contributed by atoms with Crippen molar-refractivity contribution in [3.8, 4) is 6.07 Å². The molecule has 0 aromatic carbocycles. The van der Waals surface area contributed by atoms with E-state index in [9.17, 15) is 8.42 Å². The molecule has 1 atom stereocenters. The molecule has 1 aromatic heterocycles. The van der Waals surface area contributed by atoms with Gasteiger partial charge in [0.15, 0.2) is 0 Å². The molecule has 0 radical (unpaired) electrons. The van der Waals surface area contributed by atoms with Crippen LogP contribution in [0.3, 0.4) is 0 Å². The zero-order valence-corrected chi connectivity index (χ0v) is 10.3. The van der Waals surface area contributed by atoms with Crippen LogP contribution < -0.4 is 4.72 Å². The highest BCUT2D eigenvalue weighted by Crippen LogP contribution is 2.20. The lowest BCUT2D eigenvalue weighted by Crippen LogP contribution is -2.29. The van der Waals surface area contributed by atoms with E-state index in [1.54, 1.807) is 6.92 Å². The third-order valence-corrected chi connectivity index (χ3v) is 4.80. The molecular formula is C9H12N2O3S2. The molecule has 0 aliphatic rings. The minimum Gasteiger partial charge on any atom is -0.396 e. The van der Waals surface area contributed by atoms with Crippen LogP contribution in [0.2, 0.25) is 0 Å². The molecule has 0 bridgehead atoms. The number of rotatable bonds is 5. The summed E-state index contributed by atoms with van der Waals surface area (Å²) in [7, 11) is -3.55. The Bertz CT molecular complexity index is 487. The van der Waals surface area contributed by atoms with Crippen LogP contribution in [0.4, 0.5) is 0 Å². The molecule has 0 aliphatic heterocycles. The van der Waals surface area contributed by atoms with Gasteiger partial charge in [0.2, 0.25) is 10.0 Å². The fraction of sp³-hybridized carbons (Fsp3) is 0.444. The minimum atomic E-state index is -3.55. The van der Waals surface area contributed by atoms with Crippen molar-refractivity contribution in [3.05, 3.63) is 17.0 Å². The zero-order valence-electron chi connectivity index (χ0n) is 8.67. The Morgan fingerprint density at radius 2 is 2.31 bits per heavy atom. The molecule has 0 spiro atoms. The fourth-order valence-electron chi connectivity index (χ4n) is 0.912. The predicted octanol–water partition coefficient (Wildman–Crippen LogP) is 0.526. The van der Waals surface area contributed by atoms with Crippen LogP contribution in [0, 0.1) is 17.2 Å². The van der Waals surface area contributed by atoms with Crippen molar-refractivity contribution in [2.45, 2.75) is 11.1 Å². The van der Waals surface area contributed by atoms with Gasteiger partial charge in [-0.2, -0.15) is 5.26 Å². The first kappa shape index (κ1) is 13.1. The van der Waals surface area contributed by atoms with Crippen LogP contribution in [-0.2, 0) is 10.0 Å². The molecule has 88 valence electrons. The van der Waals surface area contributed by atoms with Crippen LogP contribution in [-0.4, -0.2) is 26.7 Å². The summed E-state index contributed by atoms with van der Waals surface area (Å²) in [5, 5.41) is 17.4. The summed E-state index contributed by atoms with van der Waals surface area (Å²) in [6, 6.07) is 4.75. The standard InChI is InChI=1S/C9H12N2O3S2/c1-7(6-12)5-11-16(13,14)9-3-2-8(4-10)15-9/h2-3,7,11-12H,5-6H2,1H3. The van der Waals surface area contributed by atoms with E-state index in [1.807, 2.05) is 6.07 Å². The number of hydrogen-bond acceptors (Lipinski definition) is 5. The Hall–Kier alpha value is -0.940. The topological polar surface area (TPSA) is 90.2 Å². The van der Waals surface area contributed by atoms with Crippen LogP contribution in [0.5, 0.6) is 0 Å². The van der Waals surface area contributed by atoms with Gasteiger partial charge in [-0.25, -0.2) is 13.1 Å². The summed E-state index contributed by atoms with van der Waals surface area (Å²) in [5.74, 6) is -0.134. The quantitative estimate of drug-likeness (QED) is 0.808. The van der Waals surface area contributed by atoms with E-state index in [2.05, 4.69) is 4.72 Å². The molecule has 1 rings (SSSR count). The number of thiophene rings is 1. The Morgan fingerprint density at radius 1 is 1.62 bits per heavy atom. The molecule has 1 heterocycles. The normalized spacial score (nSPS) is 13.3. The smallest absolute Gasteiger partial charge is 0.250 e. The highest BCUT2D eigenvalue weighted by molar-refractivity contribution is 7.91. The van der Waals surface area contributed by atoms with Crippen molar-refractivity contribution in [1.82, 2.24) is 4.72 Å². The molecule has 1 aromatic rings. The number of nitrogens with one attached hydrogen (secondary N) is 1. The molecular weight excluding hydrogens is 248 g/mol. The van der Waals surface area contributed by atoms with E-state index >= 15 is 0 Å². The SMILES string of the molecule is CC(CO)CNS(=O)(=O)c1ccc(C#N)s1. The number of nitriles is 1. The van der Waals surface area contributed by atoms with Gasteiger partial charge in [0.25, 0.3) is 0 Å². The van der Waals surface area contributed by atoms with Crippen LogP contribution in [0.1, 0.15) is 11.8 Å². The Kier molecular flexibility index (Phi) is 4.44. The summed E-state index contributed by atoms with van der Waals surface area (Å²) in [5.41, 5.74) is 0. The van der Waals surface area contributed by atoms with E-state index in [0.29, 0.717) is 4.88 Å². The fourth-order valence-corrected chi connectivity index (χ4v) is 3.23. The van der Waals surface area contributed by atoms with E-state index in [0.717, 1.165) is 11.3 Å². The average Bonchev–Trinajstić information content (AvgIpc) is 2.75. The Labute approximate surface area is 98.4 Å². The summed E-state index contributed by atoms with van der Waals surface area (Å²) < 4.78 is 25.9. The van der Waals surface area contributed by atoms with E-state index < -0.39 is 10.0 Å². The van der Waals surface area contributed by atoms with Crippen LogP contribution in [0.25, 0.3) is 0 Å². The second-order valence-electron chi connectivity index (χ2n) is 3.37. The Morgan fingerprint density at radius 3 is 2.81 bits per heavy atom. The van der Waals surface area contributed by atoms with E-state index in [1.165, 1.54) is 12.1 Å².